The molecule has 1 aromatic heterocycles. The lowest BCUT2D eigenvalue weighted by Gasteiger charge is -2.04. The van der Waals surface area contributed by atoms with E-state index in [4.69, 9.17) is 4.74 Å². The lowest BCUT2D eigenvalue weighted by Crippen LogP contribution is -1.88. The molecule has 2 aromatic carbocycles. The van der Waals surface area contributed by atoms with Crippen molar-refractivity contribution >= 4 is 0 Å². The third-order valence-corrected chi connectivity index (χ3v) is 3.67. The Hall–Kier alpha value is -2.62. The lowest BCUT2D eigenvalue weighted by molar-refractivity contribution is 0.415. The fourth-order valence-electron chi connectivity index (χ4n) is 2.28. The molecule has 0 atom stereocenters. The predicted molar refractivity (Wildman–Crippen MR) is 83.3 cm³/mol. The number of aromatic amines is 1. The van der Waals surface area contributed by atoms with Gasteiger partial charge >= 0.3 is 0 Å². The summed E-state index contributed by atoms with van der Waals surface area (Å²) in [6.07, 6.45) is 0. The van der Waals surface area contributed by atoms with Crippen LogP contribution in [-0.2, 0) is 0 Å². The van der Waals surface area contributed by atoms with Crippen molar-refractivity contribution in [2.45, 2.75) is 13.8 Å². The summed E-state index contributed by atoms with van der Waals surface area (Å²) in [7, 11) is 1.65. The van der Waals surface area contributed by atoms with Gasteiger partial charge in [-0.25, -0.2) is 4.98 Å². The summed E-state index contributed by atoms with van der Waals surface area (Å²) >= 11 is 0. The van der Waals surface area contributed by atoms with Gasteiger partial charge in [-0.05, 0) is 37.1 Å². The van der Waals surface area contributed by atoms with Crippen LogP contribution in [0.2, 0.25) is 0 Å². The van der Waals surface area contributed by atoms with E-state index >= 15 is 0 Å². The fourth-order valence-corrected chi connectivity index (χ4v) is 2.28. The van der Waals surface area contributed by atoms with Gasteiger partial charge in [0.15, 0.2) is 11.6 Å². The first-order chi connectivity index (χ1) is 10.2. The highest BCUT2D eigenvalue weighted by molar-refractivity contribution is 5.65. The maximum atomic E-state index is 5.24. The standard InChI is InChI=1S/C17H17N3O/c1-11-6-4-9-15(12(11)2)17-18-16(19-20-17)13-7-5-8-14(10-13)21-3/h4-10H,1-3H3,(H,18,19,20). The molecule has 1 N–H and O–H groups in total. The Balaban J connectivity index is 2.01. The number of aromatic nitrogens is 3. The second-order valence-electron chi connectivity index (χ2n) is 4.99. The molecule has 21 heavy (non-hydrogen) atoms. The quantitative estimate of drug-likeness (QED) is 0.794. The molecule has 0 aliphatic heterocycles. The molecule has 106 valence electrons. The van der Waals surface area contributed by atoms with E-state index in [2.05, 4.69) is 41.2 Å². The van der Waals surface area contributed by atoms with Crippen LogP contribution in [-0.4, -0.2) is 22.3 Å². The highest BCUT2D eigenvalue weighted by Gasteiger charge is 2.11. The lowest BCUT2D eigenvalue weighted by atomic mass is 10.0. The van der Waals surface area contributed by atoms with Gasteiger partial charge < -0.3 is 4.74 Å². The molecule has 0 unspecified atom stereocenters. The first-order valence-electron chi connectivity index (χ1n) is 6.82. The summed E-state index contributed by atoms with van der Waals surface area (Å²) < 4.78 is 5.24. The smallest absolute Gasteiger partial charge is 0.181 e. The summed E-state index contributed by atoms with van der Waals surface area (Å²) in [5.74, 6) is 2.25. The van der Waals surface area contributed by atoms with Crippen molar-refractivity contribution in [3.8, 4) is 28.5 Å². The third kappa shape index (κ3) is 2.52. The maximum absolute atomic E-state index is 5.24. The van der Waals surface area contributed by atoms with Crippen LogP contribution in [0.5, 0.6) is 5.75 Å². The zero-order chi connectivity index (χ0) is 14.8. The average Bonchev–Trinajstić information content (AvgIpc) is 3.00. The number of nitrogens with zero attached hydrogens (tertiary/aromatic N) is 2. The summed E-state index contributed by atoms with van der Waals surface area (Å²) in [4.78, 5) is 4.61. The second kappa shape index (κ2) is 5.40. The Morgan fingerprint density at radius 1 is 1.05 bits per heavy atom. The molecule has 4 heteroatoms. The minimum Gasteiger partial charge on any atom is -0.497 e. The van der Waals surface area contributed by atoms with Gasteiger partial charge in [-0.1, -0.05) is 30.3 Å². The van der Waals surface area contributed by atoms with Gasteiger partial charge in [-0.15, -0.1) is 0 Å². The summed E-state index contributed by atoms with van der Waals surface area (Å²) in [6, 6.07) is 13.9. The second-order valence-corrected chi connectivity index (χ2v) is 4.99. The van der Waals surface area contributed by atoms with Gasteiger partial charge in [0.05, 0.1) is 7.11 Å². The number of methoxy groups -OCH3 is 1. The number of benzene rings is 2. The van der Waals surface area contributed by atoms with Crippen LogP contribution in [0.25, 0.3) is 22.8 Å². The number of aryl methyl sites for hydroxylation is 1. The van der Waals surface area contributed by atoms with Crippen LogP contribution in [0.3, 0.4) is 0 Å². The van der Waals surface area contributed by atoms with Gasteiger partial charge in [0.25, 0.3) is 0 Å². The van der Waals surface area contributed by atoms with Crippen LogP contribution >= 0.6 is 0 Å². The van der Waals surface area contributed by atoms with Gasteiger partial charge in [0, 0.05) is 11.1 Å². The minimum absolute atomic E-state index is 0.671. The molecule has 0 aliphatic carbocycles. The monoisotopic (exact) mass is 279 g/mol. The van der Waals surface area contributed by atoms with E-state index < -0.39 is 0 Å². The fraction of sp³-hybridized carbons (Fsp3) is 0.176. The molecule has 0 bridgehead atoms. The molecule has 3 rings (SSSR count). The highest BCUT2D eigenvalue weighted by atomic mass is 16.5. The van der Waals surface area contributed by atoms with Gasteiger partial charge in [-0.3, -0.25) is 5.10 Å². The Kier molecular flexibility index (Phi) is 3.44. The third-order valence-electron chi connectivity index (χ3n) is 3.67. The van der Waals surface area contributed by atoms with Crippen LogP contribution in [0, 0.1) is 13.8 Å². The molecule has 0 fully saturated rings. The number of ether oxygens (including phenoxy) is 1. The average molecular weight is 279 g/mol. The van der Waals surface area contributed by atoms with Crippen molar-refractivity contribution in [1.29, 1.82) is 0 Å². The molecule has 4 nitrogen and oxygen atoms in total. The maximum Gasteiger partial charge on any atom is 0.181 e. The minimum atomic E-state index is 0.671. The predicted octanol–water partition coefficient (Wildman–Crippen LogP) is 3.76. The van der Waals surface area contributed by atoms with Crippen molar-refractivity contribution in [2.24, 2.45) is 0 Å². The zero-order valence-electron chi connectivity index (χ0n) is 12.3. The van der Waals surface area contributed by atoms with Crippen LogP contribution in [0.15, 0.2) is 42.5 Å². The van der Waals surface area contributed by atoms with Crippen molar-refractivity contribution in [3.63, 3.8) is 0 Å². The van der Waals surface area contributed by atoms with E-state index in [1.807, 2.05) is 30.3 Å². The van der Waals surface area contributed by atoms with Crippen LogP contribution in [0.4, 0.5) is 0 Å². The van der Waals surface area contributed by atoms with E-state index in [9.17, 15) is 0 Å². The molecule has 0 spiro atoms. The highest BCUT2D eigenvalue weighted by Crippen LogP contribution is 2.26. The molecule has 0 saturated carbocycles. The topological polar surface area (TPSA) is 50.8 Å². The summed E-state index contributed by atoms with van der Waals surface area (Å²) in [5, 5.41) is 7.34. The summed E-state index contributed by atoms with van der Waals surface area (Å²) in [5.41, 5.74) is 4.47. The molecule has 0 aliphatic rings. The van der Waals surface area contributed by atoms with Crippen molar-refractivity contribution < 1.29 is 4.74 Å². The van der Waals surface area contributed by atoms with E-state index in [1.54, 1.807) is 7.11 Å². The number of rotatable bonds is 3. The summed E-state index contributed by atoms with van der Waals surface area (Å²) in [6.45, 7) is 4.19. The Bertz CT molecular complexity index is 777. The Labute approximate surface area is 123 Å². The van der Waals surface area contributed by atoms with Crippen molar-refractivity contribution in [2.75, 3.05) is 7.11 Å². The Morgan fingerprint density at radius 3 is 2.67 bits per heavy atom. The molecule has 0 amide bonds. The number of hydrogen-bond donors (Lipinski definition) is 1. The SMILES string of the molecule is COc1cccc(-c2n[nH]c(-c3cccc(C)c3C)n2)c1. The van der Waals surface area contributed by atoms with Crippen LogP contribution in [0.1, 0.15) is 11.1 Å². The van der Waals surface area contributed by atoms with E-state index in [1.165, 1.54) is 11.1 Å². The van der Waals surface area contributed by atoms with E-state index in [-0.39, 0.29) is 0 Å². The van der Waals surface area contributed by atoms with Gasteiger partial charge in [-0.2, -0.15) is 5.10 Å². The molecule has 0 radical (unpaired) electrons. The van der Waals surface area contributed by atoms with Gasteiger partial charge in [0.2, 0.25) is 0 Å². The largest absolute Gasteiger partial charge is 0.497 e. The van der Waals surface area contributed by atoms with Crippen LogP contribution < -0.4 is 4.74 Å². The number of nitrogens with one attached hydrogen (secondary N) is 1. The molecule has 1 heterocycles. The molecule has 0 saturated heterocycles. The zero-order valence-corrected chi connectivity index (χ0v) is 12.3. The normalized spacial score (nSPS) is 10.6. The van der Waals surface area contributed by atoms with E-state index in [0.29, 0.717) is 5.82 Å². The Morgan fingerprint density at radius 2 is 1.86 bits per heavy atom. The number of H-pyrrole nitrogens is 1. The first-order valence-corrected chi connectivity index (χ1v) is 6.82. The first kappa shape index (κ1) is 13.4. The van der Waals surface area contributed by atoms with Gasteiger partial charge in [0.1, 0.15) is 5.75 Å². The van der Waals surface area contributed by atoms with Crippen molar-refractivity contribution in [3.05, 3.63) is 53.6 Å². The molecular weight excluding hydrogens is 262 g/mol. The number of hydrogen-bond acceptors (Lipinski definition) is 3. The van der Waals surface area contributed by atoms with Crippen molar-refractivity contribution in [1.82, 2.24) is 15.2 Å². The molecule has 3 aromatic rings. The molecular formula is C17H17N3O. The van der Waals surface area contributed by atoms with E-state index in [0.717, 1.165) is 22.7 Å².